The van der Waals surface area contributed by atoms with Crippen molar-refractivity contribution >= 4 is 29.1 Å². The molecule has 0 radical (unpaired) electrons. The number of hydrogen-bond donors (Lipinski definition) is 3. The lowest BCUT2D eigenvalue weighted by atomic mass is 10.1. The first-order valence-corrected chi connectivity index (χ1v) is 8.42. The molecule has 0 spiro atoms. The average molecular weight is 371 g/mol. The summed E-state index contributed by atoms with van der Waals surface area (Å²) in [6.45, 7) is 0.125. The number of aliphatic hydroxyl groups excluding tert-OH is 1. The molecule has 0 aliphatic carbocycles. The van der Waals surface area contributed by atoms with Gasteiger partial charge >= 0.3 is 0 Å². The minimum Gasteiger partial charge on any atom is -0.496 e. The summed E-state index contributed by atoms with van der Waals surface area (Å²) in [6.07, 6.45) is 0.624. The number of aromatic nitrogens is 2. The summed E-state index contributed by atoms with van der Waals surface area (Å²) in [7, 11) is 1.59. The van der Waals surface area contributed by atoms with Gasteiger partial charge in [-0.2, -0.15) is 4.98 Å². The first-order valence-electron chi connectivity index (χ1n) is 8.04. The number of nitrogens with zero attached hydrogens (tertiary/aromatic N) is 2. The molecule has 4 N–H and O–H groups in total. The van der Waals surface area contributed by atoms with Crippen LogP contribution < -0.4 is 15.8 Å². The fourth-order valence-electron chi connectivity index (χ4n) is 2.58. The molecule has 0 aliphatic rings. The molecule has 3 aromatic rings. The van der Waals surface area contributed by atoms with Gasteiger partial charge in [0.15, 0.2) is 0 Å². The third-order valence-corrected chi connectivity index (χ3v) is 4.04. The third-order valence-electron chi connectivity index (χ3n) is 3.81. The van der Waals surface area contributed by atoms with Crippen LogP contribution in [-0.4, -0.2) is 28.8 Å². The highest BCUT2D eigenvalue weighted by molar-refractivity contribution is 6.31. The van der Waals surface area contributed by atoms with Crippen LogP contribution in [0.15, 0.2) is 48.5 Å². The van der Waals surface area contributed by atoms with Gasteiger partial charge in [0.25, 0.3) is 0 Å². The van der Waals surface area contributed by atoms with E-state index in [1.54, 1.807) is 31.4 Å². The number of benzene rings is 2. The Morgan fingerprint density at radius 1 is 1.12 bits per heavy atom. The van der Waals surface area contributed by atoms with E-state index in [1.807, 2.05) is 24.3 Å². The van der Waals surface area contributed by atoms with Crippen LogP contribution in [0.5, 0.6) is 5.75 Å². The topological polar surface area (TPSA) is 93.3 Å². The normalized spacial score (nSPS) is 10.6. The van der Waals surface area contributed by atoms with Gasteiger partial charge in [-0.15, -0.1) is 0 Å². The summed E-state index contributed by atoms with van der Waals surface area (Å²) in [6, 6.07) is 14.8. The molecule has 0 saturated heterocycles. The number of halogens is 1. The van der Waals surface area contributed by atoms with Crippen molar-refractivity contribution in [3.8, 4) is 17.0 Å². The molecular weight excluding hydrogens is 352 g/mol. The van der Waals surface area contributed by atoms with Gasteiger partial charge in [-0.3, -0.25) is 0 Å². The maximum Gasteiger partial charge on any atom is 0.222 e. The molecule has 6 nitrogen and oxygen atoms in total. The molecule has 26 heavy (non-hydrogen) atoms. The molecule has 3 rings (SSSR count). The summed E-state index contributed by atoms with van der Waals surface area (Å²) < 4.78 is 5.39. The molecule has 1 aromatic heterocycles. The summed E-state index contributed by atoms with van der Waals surface area (Å²) in [4.78, 5) is 8.53. The number of rotatable bonds is 6. The van der Waals surface area contributed by atoms with Crippen molar-refractivity contribution in [2.24, 2.45) is 0 Å². The Labute approximate surface area is 156 Å². The molecule has 0 atom stereocenters. The SMILES string of the molecule is COc1ccc(Cl)cc1-c1cc(Nc2ccc(CCO)cc2)nc(N)n1. The second-order valence-electron chi connectivity index (χ2n) is 5.64. The fourth-order valence-corrected chi connectivity index (χ4v) is 2.75. The Kier molecular flexibility index (Phi) is 5.55. The molecule has 0 amide bonds. The molecule has 0 saturated carbocycles. The lowest BCUT2D eigenvalue weighted by Crippen LogP contribution is -2.02. The van der Waals surface area contributed by atoms with Gasteiger partial charge in [0.1, 0.15) is 11.6 Å². The van der Waals surface area contributed by atoms with Crippen molar-refractivity contribution in [1.29, 1.82) is 0 Å². The quantitative estimate of drug-likeness (QED) is 0.613. The van der Waals surface area contributed by atoms with Gasteiger partial charge in [-0.1, -0.05) is 23.7 Å². The minimum atomic E-state index is 0.125. The molecule has 134 valence electrons. The molecule has 2 aromatic carbocycles. The van der Waals surface area contributed by atoms with Crippen LogP contribution in [0.1, 0.15) is 5.56 Å². The Bertz CT molecular complexity index is 901. The van der Waals surface area contributed by atoms with Crippen molar-refractivity contribution in [2.75, 3.05) is 24.8 Å². The second-order valence-corrected chi connectivity index (χ2v) is 6.07. The molecule has 0 bridgehead atoms. The molecule has 1 heterocycles. The number of methoxy groups -OCH3 is 1. The monoisotopic (exact) mass is 370 g/mol. The molecule has 0 unspecified atom stereocenters. The predicted octanol–water partition coefficient (Wildman–Crippen LogP) is 3.67. The number of ether oxygens (including phenoxy) is 1. The number of hydrogen-bond acceptors (Lipinski definition) is 6. The minimum absolute atomic E-state index is 0.125. The highest BCUT2D eigenvalue weighted by atomic mass is 35.5. The Hall–Kier alpha value is -2.83. The van der Waals surface area contributed by atoms with Crippen molar-refractivity contribution in [2.45, 2.75) is 6.42 Å². The highest BCUT2D eigenvalue weighted by Gasteiger charge is 2.11. The van der Waals surface area contributed by atoms with Crippen LogP contribution in [0, 0.1) is 0 Å². The zero-order valence-electron chi connectivity index (χ0n) is 14.2. The highest BCUT2D eigenvalue weighted by Crippen LogP contribution is 2.33. The van der Waals surface area contributed by atoms with Crippen LogP contribution in [0.2, 0.25) is 5.02 Å². The molecule has 0 aliphatic heterocycles. The predicted molar refractivity (Wildman–Crippen MR) is 104 cm³/mol. The lowest BCUT2D eigenvalue weighted by Gasteiger charge is -2.12. The van der Waals surface area contributed by atoms with Gasteiger partial charge in [-0.25, -0.2) is 4.98 Å². The third kappa shape index (κ3) is 4.22. The number of nitrogens with two attached hydrogens (primary N) is 1. The van der Waals surface area contributed by atoms with E-state index in [1.165, 1.54) is 0 Å². The summed E-state index contributed by atoms with van der Waals surface area (Å²) >= 11 is 6.11. The van der Waals surface area contributed by atoms with E-state index in [9.17, 15) is 0 Å². The number of aliphatic hydroxyl groups is 1. The van der Waals surface area contributed by atoms with E-state index in [-0.39, 0.29) is 12.6 Å². The summed E-state index contributed by atoms with van der Waals surface area (Å²) in [5.41, 5.74) is 9.13. The lowest BCUT2D eigenvalue weighted by molar-refractivity contribution is 0.299. The van der Waals surface area contributed by atoms with Crippen molar-refractivity contribution in [1.82, 2.24) is 9.97 Å². The van der Waals surface area contributed by atoms with Crippen LogP contribution in [-0.2, 0) is 6.42 Å². The van der Waals surface area contributed by atoms with Gasteiger partial charge in [-0.05, 0) is 42.3 Å². The number of nitrogens with one attached hydrogen (secondary N) is 1. The Morgan fingerprint density at radius 2 is 1.88 bits per heavy atom. The fraction of sp³-hybridized carbons (Fsp3) is 0.158. The van der Waals surface area contributed by atoms with Crippen LogP contribution in [0.3, 0.4) is 0 Å². The van der Waals surface area contributed by atoms with Crippen LogP contribution in [0.25, 0.3) is 11.3 Å². The van der Waals surface area contributed by atoms with Gasteiger partial charge < -0.3 is 20.9 Å². The summed E-state index contributed by atoms with van der Waals surface area (Å²) in [5.74, 6) is 1.35. The van der Waals surface area contributed by atoms with E-state index in [0.29, 0.717) is 28.7 Å². The Morgan fingerprint density at radius 3 is 2.58 bits per heavy atom. The molecule has 7 heteroatoms. The van der Waals surface area contributed by atoms with Gasteiger partial charge in [0, 0.05) is 28.9 Å². The van der Waals surface area contributed by atoms with E-state index in [4.69, 9.17) is 27.2 Å². The number of nitrogen functional groups attached to an aromatic ring is 1. The number of anilines is 3. The van der Waals surface area contributed by atoms with E-state index < -0.39 is 0 Å². The zero-order valence-corrected chi connectivity index (χ0v) is 15.0. The van der Waals surface area contributed by atoms with Crippen molar-refractivity contribution < 1.29 is 9.84 Å². The summed E-state index contributed by atoms with van der Waals surface area (Å²) in [5, 5.41) is 12.8. The first kappa shape index (κ1) is 18.0. The van der Waals surface area contributed by atoms with E-state index >= 15 is 0 Å². The van der Waals surface area contributed by atoms with Crippen molar-refractivity contribution in [3.05, 3.63) is 59.1 Å². The maximum absolute atomic E-state index is 8.99. The van der Waals surface area contributed by atoms with Crippen LogP contribution >= 0.6 is 11.6 Å². The standard InChI is InChI=1S/C19H19ClN4O2/c1-26-17-7-4-13(20)10-15(17)16-11-18(24-19(21)23-16)22-14-5-2-12(3-6-14)8-9-25/h2-7,10-11,25H,8-9H2,1H3,(H3,21,22,23,24). The van der Waals surface area contributed by atoms with Crippen LogP contribution in [0.4, 0.5) is 17.5 Å². The van der Waals surface area contributed by atoms with Gasteiger partial charge in [0.2, 0.25) is 5.95 Å². The molecule has 0 fully saturated rings. The van der Waals surface area contributed by atoms with E-state index in [0.717, 1.165) is 16.8 Å². The maximum atomic E-state index is 8.99. The zero-order chi connectivity index (χ0) is 18.5. The Balaban J connectivity index is 1.92. The average Bonchev–Trinajstić information content (AvgIpc) is 2.63. The first-order chi connectivity index (χ1) is 12.6. The smallest absolute Gasteiger partial charge is 0.222 e. The largest absolute Gasteiger partial charge is 0.496 e. The van der Waals surface area contributed by atoms with Gasteiger partial charge in [0.05, 0.1) is 12.8 Å². The molecular formula is C19H19ClN4O2. The van der Waals surface area contributed by atoms with E-state index in [2.05, 4.69) is 15.3 Å². The van der Waals surface area contributed by atoms with Crippen molar-refractivity contribution in [3.63, 3.8) is 0 Å². The second kappa shape index (κ2) is 8.03.